The van der Waals surface area contributed by atoms with Crippen molar-refractivity contribution in [2.75, 3.05) is 13.1 Å². The molecule has 0 saturated carbocycles. The summed E-state index contributed by atoms with van der Waals surface area (Å²) >= 11 is 0. The van der Waals surface area contributed by atoms with Gasteiger partial charge >= 0.3 is 6.03 Å². The summed E-state index contributed by atoms with van der Waals surface area (Å²) < 4.78 is 0. The van der Waals surface area contributed by atoms with Crippen molar-refractivity contribution in [3.8, 4) is 6.07 Å². The van der Waals surface area contributed by atoms with E-state index < -0.39 is 5.54 Å². The lowest BCUT2D eigenvalue weighted by atomic mass is 9.88. The summed E-state index contributed by atoms with van der Waals surface area (Å²) in [6.07, 6.45) is 2.72. The molecule has 2 fully saturated rings. The number of hydrogen-bond donors (Lipinski definition) is 2. The monoisotopic (exact) mass is 285 g/mol. The van der Waals surface area contributed by atoms with Crippen molar-refractivity contribution >= 4 is 11.9 Å². The Morgan fingerprint density at radius 2 is 2.14 bits per heavy atom. The maximum absolute atomic E-state index is 12.6. The Morgan fingerprint density at radius 1 is 1.38 bits per heavy atom. The van der Waals surface area contributed by atoms with Gasteiger partial charge in [0, 0.05) is 6.20 Å². The molecule has 0 bridgehead atoms. The fourth-order valence-corrected chi connectivity index (χ4v) is 2.83. The number of carbonyl (C=O) groups excluding carboxylic acids is 2. The van der Waals surface area contributed by atoms with Crippen LogP contribution in [0.3, 0.4) is 0 Å². The molecule has 3 amide bonds. The molecule has 0 aromatic carbocycles. The second kappa shape index (κ2) is 5.14. The minimum absolute atomic E-state index is 0.164. The predicted octanol–water partition coefficient (Wildman–Crippen LogP) is 0.127. The number of amides is 3. The number of hydrogen-bond acceptors (Lipinski definition) is 5. The third-order valence-electron chi connectivity index (χ3n) is 3.98. The summed E-state index contributed by atoms with van der Waals surface area (Å²) in [5, 5.41) is 14.9. The maximum atomic E-state index is 12.6. The number of imide groups is 1. The van der Waals surface area contributed by atoms with Gasteiger partial charge in [0.25, 0.3) is 5.91 Å². The zero-order valence-electron chi connectivity index (χ0n) is 11.4. The minimum Gasteiger partial charge on any atom is -0.323 e. The number of piperidine rings is 1. The topological polar surface area (TPSA) is 98.1 Å². The lowest BCUT2D eigenvalue weighted by Crippen LogP contribution is -2.53. The first-order chi connectivity index (χ1) is 10.1. The molecule has 2 aliphatic rings. The first-order valence-electron chi connectivity index (χ1n) is 6.84. The summed E-state index contributed by atoms with van der Waals surface area (Å²) in [6, 6.07) is 4.88. The molecule has 108 valence electrons. The third kappa shape index (κ3) is 2.34. The van der Waals surface area contributed by atoms with E-state index in [4.69, 9.17) is 5.26 Å². The molecular weight excluding hydrogens is 270 g/mol. The van der Waals surface area contributed by atoms with E-state index in [9.17, 15) is 9.59 Å². The van der Waals surface area contributed by atoms with E-state index in [1.54, 1.807) is 12.1 Å². The highest BCUT2D eigenvalue weighted by Gasteiger charge is 2.51. The lowest BCUT2D eigenvalue weighted by Gasteiger charge is -2.31. The Hall–Kier alpha value is -2.46. The van der Waals surface area contributed by atoms with Crippen molar-refractivity contribution in [1.29, 1.82) is 5.26 Å². The molecule has 0 radical (unpaired) electrons. The molecule has 2 N–H and O–H groups in total. The zero-order valence-corrected chi connectivity index (χ0v) is 11.4. The number of carbonyl (C=O) groups is 2. The van der Waals surface area contributed by atoms with Crippen molar-refractivity contribution < 1.29 is 9.59 Å². The average Bonchev–Trinajstić information content (AvgIpc) is 2.73. The molecule has 2 saturated heterocycles. The lowest BCUT2D eigenvalue weighted by molar-refractivity contribution is -0.132. The molecule has 0 aliphatic carbocycles. The van der Waals surface area contributed by atoms with Gasteiger partial charge in [-0.05, 0) is 43.6 Å². The standard InChI is InChI=1S/C14H15N5O2/c15-8-11-7-10(1-4-17-11)9-19-12(20)14(18-13(19)21)2-5-16-6-3-14/h1,4,7,16H,2-3,5-6,9H2,(H,18,21). The van der Waals surface area contributed by atoms with Crippen LogP contribution in [-0.4, -0.2) is 40.5 Å². The molecule has 3 rings (SSSR count). The molecule has 3 heterocycles. The van der Waals surface area contributed by atoms with Crippen LogP contribution < -0.4 is 10.6 Å². The van der Waals surface area contributed by atoms with Gasteiger partial charge in [-0.3, -0.25) is 9.69 Å². The predicted molar refractivity (Wildman–Crippen MR) is 72.9 cm³/mol. The SMILES string of the molecule is N#Cc1cc(CN2C(=O)NC3(CCNCC3)C2=O)ccn1. The molecular formula is C14H15N5O2. The molecule has 0 atom stereocenters. The summed E-state index contributed by atoms with van der Waals surface area (Å²) in [4.78, 5) is 29.8. The second-order valence-corrected chi connectivity index (χ2v) is 5.31. The molecule has 1 spiro atoms. The largest absolute Gasteiger partial charge is 0.325 e. The van der Waals surface area contributed by atoms with Crippen molar-refractivity contribution in [3.63, 3.8) is 0 Å². The van der Waals surface area contributed by atoms with Crippen LogP contribution in [0, 0.1) is 11.3 Å². The van der Waals surface area contributed by atoms with E-state index in [2.05, 4.69) is 15.6 Å². The fourth-order valence-electron chi connectivity index (χ4n) is 2.83. The van der Waals surface area contributed by atoms with Crippen LogP contribution in [0.1, 0.15) is 24.1 Å². The van der Waals surface area contributed by atoms with Crippen LogP contribution in [0.15, 0.2) is 18.3 Å². The van der Waals surface area contributed by atoms with Gasteiger partial charge in [0.05, 0.1) is 6.54 Å². The van der Waals surface area contributed by atoms with Gasteiger partial charge in [-0.15, -0.1) is 0 Å². The van der Waals surface area contributed by atoms with Gasteiger partial charge in [-0.2, -0.15) is 5.26 Å². The van der Waals surface area contributed by atoms with E-state index in [1.807, 2.05) is 6.07 Å². The van der Waals surface area contributed by atoms with Gasteiger partial charge in [-0.25, -0.2) is 9.78 Å². The van der Waals surface area contributed by atoms with E-state index in [-0.39, 0.29) is 24.2 Å². The van der Waals surface area contributed by atoms with E-state index in [0.29, 0.717) is 25.9 Å². The van der Waals surface area contributed by atoms with Crippen molar-refractivity contribution in [2.45, 2.75) is 24.9 Å². The summed E-state index contributed by atoms with van der Waals surface area (Å²) in [5.74, 6) is -0.177. The number of nitrogens with one attached hydrogen (secondary N) is 2. The van der Waals surface area contributed by atoms with Crippen molar-refractivity contribution in [2.24, 2.45) is 0 Å². The van der Waals surface area contributed by atoms with Crippen LogP contribution >= 0.6 is 0 Å². The van der Waals surface area contributed by atoms with Gasteiger partial charge in [0.2, 0.25) is 0 Å². The highest BCUT2D eigenvalue weighted by Crippen LogP contribution is 2.27. The van der Waals surface area contributed by atoms with Crippen LogP contribution in [0.2, 0.25) is 0 Å². The minimum atomic E-state index is -0.757. The molecule has 2 aliphatic heterocycles. The molecule has 1 aromatic rings. The second-order valence-electron chi connectivity index (χ2n) is 5.31. The maximum Gasteiger partial charge on any atom is 0.325 e. The Morgan fingerprint density at radius 3 is 2.86 bits per heavy atom. The summed E-state index contributed by atoms with van der Waals surface area (Å²) in [6.45, 7) is 1.60. The number of pyridine rings is 1. The summed E-state index contributed by atoms with van der Waals surface area (Å²) in [5.41, 5.74) is 0.236. The third-order valence-corrected chi connectivity index (χ3v) is 3.98. The Labute approximate surface area is 121 Å². The van der Waals surface area contributed by atoms with Crippen LogP contribution in [0.4, 0.5) is 4.79 Å². The van der Waals surface area contributed by atoms with Gasteiger partial charge < -0.3 is 10.6 Å². The van der Waals surface area contributed by atoms with Crippen LogP contribution in [0.5, 0.6) is 0 Å². The zero-order chi connectivity index (χ0) is 14.9. The highest BCUT2D eigenvalue weighted by atomic mass is 16.2. The van der Waals surface area contributed by atoms with E-state index in [0.717, 1.165) is 5.56 Å². The van der Waals surface area contributed by atoms with Crippen LogP contribution in [0.25, 0.3) is 0 Å². The van der Waals surface area contributed by atoms with Crippen molar-refractivity contribution in [1.82, 2.24) is 20.5 Å². The number of urea groups is 1. The van der Waals surface area contributed by atoms with E-state index in [1.165, 1.54) is 11.1 Å². The number of aromatic nitrogens is 1. The first-order valence-corrected chi connectivity index (χ1v) is 6.84. The smallest absolute Gasteiger partial charge is 0.323 e. The highest BCUT2D eigenvalue weighted by molar-refractivity contribution is 6.07. The molecule has 7 heteroatoms. The van der Waals surface area contributed by atoms with Crippen LogP contribution in [-0.2, 0) is 11.3 Å². The molecule has 0 unspecified atom stereocenters. The summed E-state index contributed by atoms with van der Waals surface area (Å²) in [7, 11) is 0. The first kappa shape index (κ1) is 13.5. The normalized spacial score (nSPS) is 20.4. The quantitative estimate of drug-likeness (QED) is 0.752. The number of nitrogens with zero attached hydrogens (tertiary/aromatic N) is 3. The van der Waals surface area contributed by atoms with Gasteiger partial charge in [-0.1, -0.05) is 0 Å². The van der Waals surface area contributed by atoms with Gasteiger partial charge in [0.1, 0.15) is 17.3 Å². The Bertz CT molecular complexity index is 630. The molecule has 1 aromatic heterocycles. The van der Waals surface area contributed by atoms with Gasteiger partial charge in [0.15, 0.2) is 0 Å². The fraction of sp³-hybridized carbons (Fsp3) is 0.429. The van der Waals surface area contributed by atoms with Crippen molar-refractivity contribution in [3.05, 3.63) is 29.6 Å². The molecule has 21 heavy (non-hydrogen) atoms. The number of nitriles is 1. The Kier molecular flexibility index (Phi) is 3.31. The average molecular weight is 285 g/mol. The number of rotatable bonds is 2. The Balaban J connectivity index is 1.81. The van der Waals surface area contributed by atoms with E-state index >= 15 is 0 Å². The molecule has 7 nitrogen and oxygen atoms in total.